The SMILES string of the molecule is COc1cc(N2CC3CCC(C2)O3)c2c(c1C(=O)/C=C/c1ccccc1)OC(C)(C)C=C2. The van der Waals surface area contributed by atoms with Crippen LogP contribution in [0.4, 0.5) is 5.69 Å². The highest BCUT2D eigenvalue weighted by molar-refractivity contribution is 6.12. The first-order chi connectivity index (χ1) is 15.4. The number of rotatable bonds is 5. The summed E-state index contributed by atoms with van der Waals surface area (Å²) in [6.45, 7) is 5.66. The van der Waals surface area contributed by atoms with Crippen molar-refractivity contribution in [3.63, 3.8) is 0 Å². The number of hydrogen-bond acceptors (Lipinski definition) is 5. The first-order valence-electron chi connectivity index (χ1n) is 11.2. The minimum atomic E-state index is -0.515. The summed E-state index contributed by atoms with van der Waals surface area (Å²) in [4.78, 5) is 15.7. The molecule has 166 valence electrons. The molecule has 3 heterocycles. The molecule has 5 nitrogen and oxygen atoms in total. The quantitative estimate of drug-likeness (QED) is 0.484. The summed E-state index contributed by atoms with van der Waals surface area (Å²) in [5.41, 5.74) is 2.89. The Hall–Kier alpha value is -3.05. The Morgan fingerprint density at radius 1 is 1.16 bits per heavy atom. The van der Waals surface area contributed by atoms with Gasteiger partial charge in [0.25, 0.3) is 0 Å². The number of ether oxygens (including phenoxy) is 3. The lowest BCUT2D eigenvalue weighted by Crippen LogP contribution is -2.43. The van der Waals surface area contributed by atoms with E-state index in [2.05, 4.69) is 17.1 Å². The summed E-state index contributed by atoms with van der Waals surface area (Å²) in [6, 6.07) is 11.8. The van der Waals surface area contributed by atoms with Gasteiger partial charge in [0.2, 0.25) is 0 Å². The molecule has 0 N–H and O–H groups in total. The highest BCUT2D eigenvalue weighted by Crippen LogP contribution is 2.46. The van der Waals surface area contributed by atoms with Gasteiger partial charge >= 0.3 is 0 Å². The Morgan fingerprint density at radius 2 is 1.88 bits per heavy atom. The lowest BCUT2D eigenvalue weighted by molar-refractivity contribution is 0.0304. The predicted octanol–water partition coefficient (Wildman–Crippen LogP) is 5.14. The molecule has 2 aromatic carbocycles. The van der Waals surface area contributed by atoms with E-state index >= 15 is 0 Å². The summed E-state index contributed by atoms with van der Waals surface area (Å²) >= 11 is 0. The van der Waals surface area contributed by atoms with E-state index in [0.29, 0.717) is 17.1 Å². The van der Waals surface area contributed by atoms with Gasteiger partial charge in [-0.1, -0.05) is 36.4 Å². The molecule has 0 aliphatic carbocycles. The summed E-state index contributed by atoms with van der Waals surface area (Å²) < 4.78 is 18.2. The van der Waals surface area contributed by atoms with Crippen molar-refractivity contribution in [3.8, 4) is 11.5 Å². The lowest BCUT2D eigenvalue weighted by atomic mass is 9.94. The Morgan fingerprint density at radius 3 is 2.56 bits per heavy atom. The number of carbonyl (C=O) groups excluding carboxylic acids is 1. The number of nitrogens with zero attached hydrogens (tertiary/aromatic N) is 1. The molecule has 0 radical (unpaired) electrons. The zero-order valence-corrected chi connectivity index (χ0v) is 18.8. The van der Waals surface area contributed by atoms with Crippen LogP contribution >= 0.6 is 0 Å². The van der Waals surface area contributed by atoms with Gasteiger partial charge in [0, 0.05) is 24.7 Å². The van der Waals surface area contributed by atoms with E-state index in [4.69, 9.17) is 14.2 Å². The van der Waals surface area contributed by atoms with Crippen molar-refractivity contribution in [2.45, 2.75) is 44.5 Å². The zero-order chi connectivity index (χ0) is 22.3. The molecule has 0 amide bonds. The lowest BCUT2D eigenvalue weighted by Gasteiger charge is -2.37. The van der Waals surface area contributed by atoms with Gasteiger partial charge in [-0.15, -0.1) is 0 Å². The van der Waals surface area contributed by atoms with Crippen LogP contribution in [0.25, 0.3) is 12.2 Å². The number of carbonyl (C=O) groups is 1. The van der Waals surface area contributed by atoms with Crippen LogP contribution in [-0.2, 0) is 4.74 Å². The van der Waals surface area contributed by atoms with Crippen molar-refractivity contribution < 1.29 is 19.0 Å². The largest absolute Gasteiger partial charge is 0.496 e. The Balaban J connectivity index is 1.59. The van der Waals surface area contributed by atoms with Gasteiger partial charge in [-0.25, -0.2) is 0 Å². The summed E-state index contributed by atoms with van der Waals surface area (Å²) in [5, 5.41) is 0. The molecule has 32 heavy (non-hydrogen) atoms. The van der Waals surface area contributed by atoms with E-state index in [1.54, 1.807) is 13.2 Å². The Labute approximate surface area is 189 Å². The average Bonchev–Trinajstić information content (AvgIpc) is 3.13. The van der Waals surface area contributed by atoms with E-state index in [1.165, 1.54) is 0 Å². The van der Waals surface area contributed by atoms with Crippen LogP contribution in [0, 0.1) is 0 Å². The van der Waals surface area contributed by atoms with Crippen LogP contribution in [0.3, 0.4) is 0 Å². The topological polar surface area (TPSA) is 48.0 Å². The summed E-state index contributed by atoms with van der Waals surface area (Å²) in [6.07, 6.45) is 10.3. The van der Waals surface area contributed by atoms with Gasteiger partial charge in [0.15, 0.2) is 5.78 Å². The van der Waals surface area contributed by atoms with E-state index in [0.717, 1.165) is 42.7 Å². The number of anilines is 1. The first-order valence-corrected chi connectivity index (χ1v) is 11.2. The van der Waals surface area contributed by atoms with E-state index in [1.807, 2.05) is 56.3 Å². The van der Waals surface area contributed by atoms with Gasteiger partial charge in [-0.3, -0.25) is 4.79 Å². The fourth-order valence-electron chi connectivity index (χ4n) is 4.77. The van der Waals surface area contributed by atoms with Crippen LogP contribution in [0.1, 0.15) is 48.2 Å². The van der Waals surface area contributed by atoms with Crippen molar-refractivity contribution in [1.29, 1.82) is 0 Å². The normalized spacial score (nSPS) is 23.2. The van der Waals surface area contributed by atoms with Crippen LogP contribution in [0.2, 0.25) is 0 Å². The maximum absolute atomic E-state index is 13.4. The fraction of sp³-hybridized carbons (Fsp3) is 0.370. The van der Waals surface area contributed by atoms with Crippen LogP contribution in [0.15, 0.2) is 48.6 Å². The molecular formula is C27H29NO4. The molecule has 0 saturated carbocycles. The standard InChI is InChI=1S/C27H29NO4/c1-27(2)14-13-21-22(28-16-19-10-11-20(17-28)31-19)15-24(30-3)25(26(21)32-27)23(29)12-9-18-7-5-4-6-8-18/h4-9,12-15,19-20H,10-11,16-17H2,1-3H3/b12-9+. The molecule has 2 atom stereocenters. The van der Waals surface area contributed by atoms with Crippen molar-refractivity contribution in [3.05, 3.63) is 65.2 Å². The maximum Gasteiger partial charge on any atom is 0.193 e. The zero-order valence-electron chi connectivity index (χ0n) is 18.8. The molecule has 2 saturated heterocycles. The number of benzene rings is 2. The fourth-order valence-corrected chi connectivity index (χ4v) is 4.77. The highest BCUT2D eigenvalue weighted by Gasteiger charge is 2.37. The van der Waals surface area contributed by atoms with Gasteiger partial charge in [-0.2, -0.15) is 0 Å². The minimum Gasteiger partial charge on any atom is -0.496 e. The molecule has 5 heteroatoms. The second-order valence-corrected chi connectivity index (χ2v) is 9.23. The third-order valence-electron chi connectivity index (χ3n) is 6.36. The molecule has 0 aromatic heterocycles. The number of fused-ring (bicyclic) bond motifs is 3. The first kappa shape index (κ1) is 20.8. The monoisotopic (exact) mass is 431 g/mol. The van der Waals surface area contributed by atoms with Crippen LogP contribution in [-0.4, -0.2) is 43.8 Å². The summed E-state index contributed by atoms with van der Waals surface area (Å²) in [7, 11) is 1.61. The number of allylic oxidation sites excluding steroid dienone is 1. The molecule has 5 rings (SSSR count). The molecule has 3 aliphatic heterocycles. The number of morpholine rings is 1. The van der Waals surface area contributed by atoms with E-state index in [-0.39, 0.29) is 18.0 Å². The second kappa shape index (κ2) is 8.14. The minimum absolute atomic E-state index is 0.137. The smallest absolute Gasteiger partial charge is 0.193 e. The van der Waals surface area contributed by atoms with Crippen molar-refractivity contribution in [1.82, 2.24) is 0 Å². The van der Waals surface area contributed by atoms with Gasteiger partial charge in [-0.05, 0) is 50.5 Å². The molecule has 2 fully saturated rings. The third kappa shape index (κ3) is 3.93. The molecular weight excluding hydrogens is 402 g/mol. The molecule has 3 aliphatic rings. The maximum atomic E-state index is 13.4. The molecule has 2 unspecified atom stereocenters. The summed E-state index contributed by atoms with van der Waals surface area (Å²) in [5.74, 6) is 0.987. The number of ketones is 1. The van der Waals surface area contributed by atoms with Gasteiger partial charge < -0.3 is 19.1 Å². The average molecular weight is 432 g/mol. The third-order valence-corrected chi connectivity index (χ3v) is 6.36. The van der Waals surface area contributed by atoms with Crippen LogP contribution in [0.5, 0.6) is 11.5 Å². The van der Waals surface area contributed by atoms with Crippen molar-refractivity contribution in [2.75, 3.05) is 25.1 Å². The van der Waals surface area contributed by atoms with Crippen molar-refractivity contribution >= 4 is 23.6 Å². The predicted molar refractivity (Wildman–Crippen MR) is 127 cm³/mol. The molecule has 2 aromatic rings. The van der Waals surface area contributed by atoms with Gasteiger partial charge in [0.1, 0.15) is 22.7 Å². The highest BCUT2D eigenvalue weighted by atomic mass is 16.5. The van der Waals surface area contributed by atoms with Gasteiger partial charge in [0.05, 0.1) is 25.0 Å². The molecule has 2 bridgehead atoms. The number of hydrogen-bond donors (Lipinski definition) is 0. The van der Waals surface area contributed by atoms with E-state index in [9.17, 15) is 4.79 Å². The van der Waals surface area contributed by atoms with Crippen LogP contribution < -0.4 is 14.4 Å². The Bertz CT molecular complexity index is 1070. The number of methoxy groups -OCH3 is 1. The van der Waals surface area contributed by atoms with Crippen molar-refractivity contribution in [2.24, 2.45) is 0 Å². The van der Waals surface area contributed by atoms with E-state index < -0.39 is 5.60 Å². The Kier molecular flexibility index (Phi) is 5.30. The molecule has 0 spiro atoms. The second-order valence-electron chi connectivity index (χ2n) is 9.23.